The summed E-state index contributed by atoms with van der Waals surface area (Å²) in [6.45, 7) is 5.13. The van der Waals surface area contributed by atoms with Gasteiger partial charge in [-0.2, -0.15) is 0 Å². The monoisotopic (exact) mass is 241 g/mol. The average Bonchev–Trinajstić information content (AvgIpc) is 2.31. The lowest BCUT2D eigenvalue weighted by Gasteiger charge is -2.15. The van der Waals surface area contributed by atoms with Gasteiger partial charge in [-0.05, 0) is 44.4 Å². The normalized spacial score (nSPS) is 12.7. The minimum Gasteiger partial charge on any atom is -0.314 e. The van der Waals surface area contributed by atoms with Gasteiger partial charge in [-0.3, -0.25) is 0 Å². The Morgan fingerprint density at radius 1 is 1.18 bits per heavy atom. The van der Waals surface area contributed by atoms with E-state index in [0.717, 1.165) is 25.8 Å². The van der Waals surface area contributed by atoms with Gasteiger partial charge >= 0.3 is 0 Å². The summed E-state index contributed by atoms with van der Waals surface area (Å²) < 4.78 is 26.7. The van der Waals surface area contributed by atoms with Crippen molar-refractivity contribution in [3.05, 3.63) is 35.4 Å². The summed E-state index contributed by atoms with van der Waals surface area (Å²) in [5.74, 6) is -0.858. The highest BCUT2D eigenvalue weighted by atomic mass is 19.1. The predicted molar refractivity (Wildman–Crippen MR) is 67.1 cm³/mol. The van der Waals surface area contributed by atoms with Crippen LogP contribution in [-0.2, 0) is 6.42 Å². The molecule has 1 aromatic carbocycles. The largest absolute Gasteiger partial charge is 0.314 e. The number of rotatable bonds is 7. The van der Waals surface area contributed by atoms with Crippen molar-refractivity contribution in [2.24, 2.45) is 0 Å². The molecule has 1 rings (SSSR count). The van der Waals surface area contributed by atoms with Crippen molar-refractivity contribution in [1.82, 2.24) is 5.32 Å². The third-order valence-corrected chi connectivity index (χ3v) is 3.03. The molecule has 0 heterocycles. The van der Waals surface area contributed by atoms with E-state index in [2.05, 4.69) is 19.2 Å². The van der Waals surface area contributed by atoms with Crippen LogP contribution in [0.3, 0.4) is 0 Å². The molecule has 0 spiro atoms. The van der Waals surface area contributed by atoms with Gasteiger partial charge in [-0.1, -0.05) is 19.9 Å². The molecule has 1 N–H and O–H groups in total. The molecule has 1 atom stereocenters. The van der Waals surface area contributed by atoms with Crippen molar-refractivity contribution < 1.29 is 8.78 Å². The highest BCUT2D eigenvalue weighted by Gasteiger charge is 2.09. The number of hydrogen-bond donors (Lipinski definition) is 1. The first-order chi connectivity index (χ1) is 8.19. The molecular weight excluding hydrogens is 220 g/mol. The van der Waals surface area contributed by atoms with Gasteiger partial charge in [0.2, 0.25) is 0 Å². The Morgan fingerprint density at radius 3 is 2.35 bits per heavy atom. The minimum atomic E-state index is -0.429. The first-order valence-electron chi connectivity index (χ1n) is 6.35. The summed E-state index contributed by atoms with van der Waals surface area (Å²) in [6.07, 6.45) is 3.29. The number of benzene rings is 1. The van der Waals surface area contributed by atoms with E-state index in [4.69, 9.17) is 0 Å². The molecule has 0 radical (unpaired) electrons. The Balaban J connectivity index is 2.45. The molecule has 0 aromatic heterocycles. The summed E-state index contributed by atoms with van der Waals surface area (Å²) in [4.78, 5) is 0. The fourth-order valence-electron chi connectivity index (χ4n) is 2.04. The molecule has 1 aromatic rings. The van der Waals surface area contributed by atoms with Crippen molar-refractivity contribution >= 4 is 0 Å². The second kappa shape index (κ2) is 7.38. The molecule has 1 unspecified atom stereocenters. The zero-order chi connectivity index (χ0) is 12.7. The van der Waals surface area contributed by atoms with E-state index in [1.54, 1.807) is 0 Å². The average molecular weight is 241 g/mol. The summed E-state index contributed by atoms with van der Waals surface area (Å²) >= 11 is 0. The molecule has 0 aliphatic carbocycles. The lowest BCUT2D eigenvalue weighted by molar-refractivity contribution is 0.460. The van der Waals surface area contributed by atoms with Crippen molar-refractivity contribution in [2.75, 3.05) is 6.54 Å². The van der Waals surface area contributed by atoms with E-state index in [-0.39, 0.29) is 5.56 Å². The van der Waals surface area contributed by atoms with Gasteiger partial charge in [0.1, 0.15) is 11.6 Å². The molecular formula is C14H21F2N. The van der Waals surface area contributed by atoms with E-state index in [9.17, 15) is 8.78 Å². The summed E-state index contributed by atoms with van der Waals surface area (Å²) in [7, 11) is 0. The Morgan fingerprint density at radius 2 is 1.82 bits per heavy atom. The molecule has 96 valence electrons. The number of nitrogens with one attached hydrogen (secondary N) is 1. The minimum absolute atomic E-state index is 0.221. The molecule has 0 aliphatic heterocycles. The second-order valence-corrected chi connectivity index (χ2v) is 4.26. The van der Waals surface area contributed by atoms with Crippen LogP contribution in [0, 0.1) is 11.6 Å². The predicted octanol–water partition coefficient (Wildman–Crippen LogP) is 3.68. The van der Waals surface area contributed by atoms with Crippen LogP contribution < -0.4 is 5.32 Å². The molecule has 17 heavy (non-hydrogen) atoms. The van der Waals surface area contributed by atoms with Crippen LogP contribution in [0.4, 0.5) is 8.78 Å². The molecule has 0 saturated carbocycles. The van der Waals surface area contributed by atoms with Gasteiger partial charge in [0, 0.05) is 11.6 Å². The fourth-order valence-corrected chi connectivity index (χ4v) is 2.04. The van der Waals surface area contributed by atoms with E-state index in [1.165, 1.54) is 18.2 Å². The van der Waals surface area contributed by atoms with Gasteiger partial charge in [-0.25, -0.2) is 8.78 Å². The van der Waals surface area contributed by atoms with Crippen molar-refractivity contribution in [3.63, 3.8) is 0 Å². The van der Waals surface area contributed by atoms with E-state index in [0.29, 0.717) is 12.5 Å². The van der Waals surface area contributed by atoms with Gasteiger partial charge in [0.25, 0.3) is 0 Å². The lowest BCUT2D eigenvalue weighted by atomic mass is 10.0. The lowest BCUT2D eigenvalue weighted by Crippen LogP contribution is -2.28. The molecule has 3 heteroatoms. The van der Waals surface area contributed by atoms with Gasteiger partial charge in [0.05, 0.1) is 0 Å². The molecule has 0 aliphatic rings. The van der Waals surface area contributed by atoms with Crippen molar-refractivity contribution in [3.8, 4) is 0 Å². The Bertz CT molecular complexity index is 319. The second-order valence-electron chi connectivity index (χ2n) is 4.26. The fraction of sp³-hybridized carbons (Fsp3) is 0.571. The van der Waals surface area contributed by atoms with Crippen LogP contribution in [0.2, 0.25) is 0 Å². The van der Waals surface area contributed by atoms with Gasteiger partial charge < -0.3 is 5.32 Å². The summed E-state index contributed by atoms with van der Waals surface area (Å²) in [5, 5.41) is 3.36. The standard InChI is InChI=1S/C14H21F2N/c1-3-11(17-4-2)7-5-8-12-13(15)9-6-10-14(12)16/h6,9-11,17H,3-5,7-8H2,1-2H3. The van der Waals surface area contributed by atoms with E-state index in [1.807, 2.05) is 0 Å². The van der Waals surface area contributed by atoms with E-state index < -0.39 is 11.6 Å². The third-order valence-electron chi connectivity index (χ3n) is 3.03. The summed E-state index contributed by atoms with van der Waals surface area (Å²) in [6, 6.07) is 4.50. The van der Waals surface area contributed by atoms with Gasteiger partial charge in [0.15, 0.2) is 0 Å². The van der Waals surface area contributed by atoms with E-state index >= 15 is 0 Å². The maximum Gasteiger partial charge on any atom is 0.129 e. The molecule has 1 nitrogen and oxygen atoms in total. The molecule has 0 saturated heterocycles. The van der Waals surface area contributed by atoms with Crippen LogP contribution in [0.5, 0.6) is 0 Å². The van der Waals surface area contributed by atoms with Crippen molar-refractivity contribution in [2.45, 2.75) is 45.6 Å². The molecule has 0 bridgehead atoms. The van der Waals surface area contributed by atoms with Crippen LogP contribution in [-0.4, -0.2) is 12.6 Å². The Labute approximate surface area is 102 Å². The summed E-state index contributed by atoms with van der Waals surface area (Å²) in [5.41, 5.74) is 0.221. The maximum atomic E-state index is 13.3. The zero-order valence-electron chi connectivity index (χ0n) is 10.6. The number of halogens is 2. The SMILES string of the molecule is CCNC(CC)CCCc1c(F)cccc1F. The highest BCUT2D eigenvalue weighted by Crippen LogP contribution is 2.15. The zero-order valence-corrected chi connectivity index (χ0v) is 10.6. The van der Waals surface area contributed by atoms with Gasteiger partial charge in [-0.15, -0.1) is 0 Å². The van der Waals surface area contributed by atoms with Crippen LogP contribution in [0.15, 0.2) is 18.2 Å². The van der Waals surface area contributed by atoms with Crippen LogP contribution >= 0.6 is 0 Å². The smallest absolute Gasteiger partial charge is 0.129 e. The van der Waals surface area contributed by atoms with Crippen molar-refractivity contribution in [1.29, 1.82) is 0 Å². The molecule has 0 amide bonds. The third kappa shape index (κ3) is 4.43. The molecule has 0 fully saturated rings. The van der Waals surface area contributed by atoms with Crippen LogP contribution in [0.1, 0.15) is 38.7 Å². The van der Waals surface area contributed by atoms with Crippen LogP contribution in [0.25, 0.3) is 0 Å². The quantitative estimate of drug-likeness (QED) is 0.768. The first-order valence-corrected chi connectivity index (χ1v) is 6.35. The maximum absolute atomic E-state index is 13.3. The Hall–Kier alpha value is -0.960. The first kappa shape index (κ1) is 14.1. The highest BCUT2D eigenvalue weighted by molar-refractivity contribution is 5.19. The number of hydrogen-bond acceptors (Lipinski definition) is 1. The Kier molecular flexibility index (Phi) is 6.12. The topological polar surface area (TPSA) is 12.0 Å².